The molecule has 0 aliphatic carbocycles. The van der Waals surface area contributed by atoms with Gasteiger partial charge in [-0.05, 0) is 55.5 Å². The van der Waals surface area contributed by atoms with Crippen LogP contribution in [0.2, 0.25) is 5.02 Å². The van der Waals surface area contributed by atoms with Crippen molar-refractivity contribution in [3.63, 3.8) is 0 Å². The van der Waals surface area contributed by atoms with Crippen LogP contribution in [0.25, 0.3) is 0 Å². The van der Waals surface area contributed by atoms with Crippen molar-refractivity contribution in [2.24, 2.45) is 0 Å². The van der Waals surface area contributed by atoms with Crippen LogP contribution in [-0.4, -0.2) is 23.1 Å². The van der Waals surface area contributed by atoms with E-state index in [9.17, 15) is 14.7 Å². The molecular formula is C20H21ClO4. The van der Waals surface area contributed by atoms with Gasteiger partial charge in [-0.15, -0.1) is 0 Å². The summed E-state index contributed by atoms with van der Waals surface area (Å²) in [5.74, 6) is -1.71. The van der Waals surface area contributed by atoms with Crippen LogP contribution in [0.3, 0.4) is 0 Å². The second kappa shape index (κ2) is 9.84. The lowest BCUT2D eigenvalue weighted by Gasteiger charge is -2.13. The van der Waals surface area contributed by atoms with Crippen molar-refractivity contribution in [2.45, 2.75) is 38.2 Å². The maximum absolute atomic E-state index is 12.0. The van der Waals surface area contributed by atoms with E-state index >= 15 is 0 Å². The third kappa shape index (κ3) is 6.59. The minimum absolute atomic E-state index is 0.314. The minimum atomic E-state index is -1.11. The van der Waals surface area contributed by atoms with Gasteiger partial charge in [0.2, 0.25) is 0 Å². The van der Waals surface area contributed by atoms with Gasteiger partial charge in [-0.1, -0.05) is 48.4 Å². The average Bonchev–Trinajstić information content (AvgIpc) is 2.62. The van der Waals surface area contributed by atoms with Crippen molar-refractivity contribution in [3.8, 4) is 0 Å². The number of esters is 1. The molecule has 0 amide bonds. The quantitative estimate of drug-likeness (QED) is 0.517. The lowest BCUT2D eigenvalue weighted by atomic mass is 10.0. The monoisotopic (exact) mass is 360 g/mol. The molecule has 5 heteroatoms. The SMILES string of the molecule is O=C(OC(CCCCCc1ccc(Cl)cc1)C(=O)O)c1ccccc1. The van der Waals surface area contributed by atoms with Crippen molar-refractivity contribution >= 4 is 23.5 Å². The Morgan fingerprint density at radius 2 is 1.64 bits per heavy atom. The van der Waals surface area contributed by atoms with Crippen LogP contribution in [-0.2, 0) is 16.0 Å². The first-order valence-electron chi connectivity index (χ1n) is 8.29. The molecule has 0 radical (unpaired) electrons. The summed E-state index contributed by atoms with van der Waals surface area (Å²) in [5, 5.41) is 9.96. The number of rotatable bonds is 9. The normalized spacial score (nSPS) is 11.7. The number of carbonyl (C=O) groups is 2. The average molecular weight is 361 g/mol. The lowest BCUT2D eigenvalue weighted by Crippen LogP contribution is -2.27. The molecule has 0 aliphatic rings. The first-order valence-corrected chi connectivity index (χ1v) is 8.67. The Kier molecular flexibility index (Phi) is 7.48. The molecule has 2 rings (SSSR count). The zero-order chi connectivity index (χ0) is 18.1. The largest absolute Gasteiger partial charge is 0.479 e. The van der Waals surface area contributed by atoms with Crippen LogP contribution in [0.1, 0.15) is 41.6 Å². The number of carboxylic acids is 1. The topological polar surface area (TPSA) is 63.6 Å². The van der Waals surface area contributed by atoms with E-state index in [0.717, 1.165) is 19.3 Å². The molecule has 0 spiro atoms. The third-order valence-electron chi connectivity index (χ3n) is 3.88. The van der Waals surface area contributed by atoms with Gasteiger partial charge in [-0.2, -0.15) is 0 Å². The smallest absolute Gasteiger partial charge is 0.345 e. The number of hydrogen-bond donors (Lipinski definition) is 1. The molecule has 1 N–H and O–H groups in total. The Labute approximate surface area is 152 Å². The van der Waals surface area contributed by atoms with E-state index in [2.05, 4.69) is 0 Å². The van der Waals surface area contributed by atoms with Gasteiger partial charge in [0.1, 0.15) is 0 Å². The molecule has 0 saturated heterocycles. The molecule has 0 aliphatic heterocycles. The second-order valence-corrected chi connectivity index (χ2v) is 6.26. The molecule has 1 unspecified atom stereocenters. The number of ether oxygens (including phenoxy) is 1. The van der Waals surface area contributed by atoms with Gasteiger partial charge in [0, 0.05) is 5.02 Å². The molecule has 1 atom stereocenters. The van der Waals surface area contributed by atoms with Gasteiger partial charge in [0.05, 0.1) is 5.56 Å². The number of hydrogen-bond acceptors (Lipinski definition) is 3. The lowest BCUT2D eigenvalue weighted by molar-refractivity contribution is -0.147. The molecule has 0 heterocycles. The van der Waals surface area contributed by atoms with Crippen LogP contribution >= 0.6 is 11.6 Å². The van der Waals surface area contributed by atoms with Crippen molar-refractivity contribution in [1.82, 2.24) is 0 Å². The van der Waals surface area contributed by atoms with E-state index in [0.29, 0.717) is 23.4 Å². The molecular weight excluding hydrogens is 340 g/mol. The summed E-state index contributed by atoms with van der Waals surface area (Å²) >= 11 is 5.85. The molecule has 0 bridgehead atoms. The zero-order valence-corrected chi connectivity index (χ0v) is 14.6. The van der Waals surface area contributed by atoms with E-state index in [4.69, 9.17) is 16.3 Å². The number of unbranched alkanes of at least 4 members (excludes halogenated alkanes) is 2. The van der Waals surface area contributed by atoms with Crippen LogP contribution in [0.5, 0.6) is 0 Å². The Bertz CT molecular complexity index is 683. The second-order valence-electron chi connectivity index (χ2n) is 5.82. The van der Waals surface area contributed by atoms with Crippen molar-refractivity contribution < 1.29 is 19.4 Å². The van der Waals surface area contributed by atoms with Gasteiger partial charge in [0.15, 0.2) is 6.10 Å². The maximum atomic E-state index is 12.0. The summed E-state index contributed by atoms with van der Waals surface area (Å²) < 4.78 is 5.12. The van der Waals surface area contributed by atoms with Gasteiger partial charge in [-0.3, -0.25) is 0 Å². The fourth-order valence-corrected chi connectivity index (χ4v) is 2.62. The summed E-state index contributed by atoms with van der Waals surface area (Å²) in [6.07, 6.45) is 2.62. The highest BCUT2D eigenvalue weighted by atomic mass is 35.5. The van der Waals surface area contributed by atoms with Crippen molar-refractivity contribution in [1.29, 1.82) is 0 Å². The van der Waals surface area contributed by atoms with Gasteiger partial charge in [0.25, 0.3) is 0 Å². The Balaban J connectivity index is 1.73. The van der Waals surface area contributed by atoms with E-state index in [1.807, 2.05) is 24.3 Å². The number of halogens is 1. The molecule has 0 aromatic heterocycles. The highest BCUT2D eigenvalue weighted by Gasteiger charge is 2.22. The van der Waals surface area contributed by atoms with Crippen molar-refractivity contribution in [3.05, 3.63) is 70.7 Å². The van der Waals surface area contributed by atoms with Gasteiger partial charge in [-0.25, -0.2) is 9.59 Å². The summed E-state index contributed by atoms with van der Waals surface area (Å²) in [6.45, 7) is 0. The van der Waals surface area contributed by atoms with Crippen LogP contribution in [0.15, 0.2) is 54.6 Å². The highest BCUT2D eigenvalue weighted by Crippen LogP contribution is 2.14. The Hall–Kier alpha value is -2.33. The van der Waals surface area contributed by atoms with Crippen LogP contribution in [0, 0.1) is 0 Å². The van der Waals surface area contributed by atoms with Gasteiger partial charge >= 0.3 is 11.9 Å². The maximum Gasteiger partial charge on any atom is 0.345 e. The predicted octanol–water partition coefficient (Wildman–Crippen LogP) is 4.75. The van der Waals surface area contributed by atoms with E-state index in [1.165, 1.54) is 5.56 Å². The summed E-state index contributed by atoms with van der Waals surface area (Å²) in [6, 6.07) is 16.1. The molecule has 0 fully saturated rings. The standard InChI is InChI=1S/C20H21ClO4/c21-17-13-11-15(12-14-17)7-3-1-6-10-18(19(22)23)25-20(24)16-8-4-2-5-9-16/h2,4-5,8-9,11-14,18H,1,3,6-7,10H2,(H,22,23). The first kappa shape index (κ1) is 19.0. The minimum Gasteiger partial charge on any atom is -0.479 e. The number of aryl methyl sites for hydroxylation is 1. The number of benzene rings is 2. The van der Waals surface area contributed by atoms with Crippen LogP contribution < -0.4 is 0 Å². The fourth-order valence-electron chi connectivity index (χ4n) is 2.49. The Morgan fingerprint density at radius 3 is 2.28 bits per heavy atom. The zero-order valence-electron chi connectivity index (χ0n) is 13.9. The van der Waals surface area contributed by atoms with Crippen LogP contribution in [0.4, 0.5) is 0 Å². The molecule has 2 aromatic carbocycles. The highest BCUT2D eigenvalue weighted by molar-refractivity contribution is 6.30. The summed E-state index contributed by atoms with van der Waals surface area (Å²) in [5.41, 5.74) is 1.56. The van der Waals surface area contributed by atoms with Gasteiger partial charge < -0.3 is 9.84 Å². The molecule has 2 aromatic rings. The van der Waals surface area contributed by atoms with Crippen molar-refractivity contribution in [2.75, 3.05) is 0 Å². The first-order chi connectivity index (χ1) is 12.1. The molecule has 132 valence electrons. The summed E-state index contributed by atoms with van der Waals surface area (Å²) in [4.78, 5) is 23.3. The fraction of sp³-hybridized carbons (Fsp3) is 0.300. The van der Waals surface area contributed by atoms with E-state index in [1.54, 1.807) is 30.3 Å². The number of carbonyl (C=O) groups excluding carboxylic acids is 1. The molecule has 25 heavy (non-hydrogen) atoms. The van der Waals surface area contributed by atoms with E-state index in [-0.39, 0.29) is 0 Å². The number of carboxylic acid groups (broad SMARTS) is 1. The predicted molar refractivity (Wildman–Crippen MR) is 96.9 cm³/mol. The Morgan fingerprint density at radius 1 is 0.960 bits per heavy atom. The molecule has 0 saturated carbocycles. The van der Waals surface area contributed by atoms with E-state index < -0.39 is 18.0 Å². The molecule has 4 nitrogen and oxygen atoms in total. The number of aliphatic carboxylic acids is 1. The summed E-state index contributed by atoms with van der Waals surface area (Å²) in [7, 11) is 0. The third-order valence-corrected chi connectivity index (χ3v) is 4.13.